The molecule has 0 atom stereocenters. The number of alkyl halides is 3. The van der Waals surface area contributed by atoms with Gasteiger partial charge in [-0.15, -0.1) is 0 Å². The Morgan fingerprint density at radius 1 is 1.28 bits per heavy atom. The molecule has 0 saturated heterocycles. The van der Waals surface area contributed by atoms with Gasteiger partial charge in [0.2, 0.25) is 5.88 Å². The summed E-state index contributed by atoms with van der Waals surface area (Å²) in [5.74, 6) is -1.10. The van der Waals surface area contributed by atoms with E-state index in [1.165, 1.54) is 5.56 Å². The molecule has 1 aliphatic rings. The standard InChI is InChI=1S/C16H22N4O2.C2HF3O2/c1-4-21-16-13-5-7-20(8-6-15(13)17-10-18-16)9-14-11(2)19-22-12(14)3;3-2(4,5)1(6)7/h10H,4-9H2,1-3H3;(H,6,7). The lowest BCUT2D eigenvalue weighted by Gasteiger charge is -2.19. The molecule has 29 heavy (non-hydrogen) atoms. The second-order valence-electron chi connectivity index (χ2n) is 6.42. The molecule has 11 heteroatoms. The Morgan fingerprint density at radius 2 is 1.93 bits per heavy atom. The van der Waals surface area contributed by atoms with E-state index in [0.717, 1.165) is 61.1 Å². The molecule has 0 bridgehead atoms. The van der Waals surface area contributed by atoms with E-state index in [2.05, 4.69) is 20.0 Å². The van der Waals surface area contributed by atoms with Gasteiger partial charge >= 0.3 is 12.1 Å². The maximum Gasteiger partial charge on any atom is 0.490 e. The summed E-state index contributed by atoms with van der Waals surface area (Å²) in [6.07, 6.45) is -1.65. The number of aromatic nitrogens is 3. The van der Waals surface area contributed by atoms with Gasteiger partial charge in [-0.2, -0.15) is 13.2 Å². The number of aryl methyl sites for hydroxylation is 2. The van der Waals surface area contributed by atoms with Crippen molar-refractivity contribution in [2.24, 2.45) is 0 Å². The lowest BCUT2D eigenvalue weighted by Crippen LogP contribution is -2.26. The van der Waals surface area contributed by atoms with Gasteiger partial charge in [0.05, 0.1) is 18.0 Å². The van der Waals surface area contributed by atoms with Gasteiger partial charge < -0.3 is 14.4 Å². The summed E-state index contributed by atoms with van der Waals surface area (Å²) in [6, 6.07) is 0. The van der Waals surface area contributed by atoms with Crippen molar-refractivity contribution in [1.82, 2.24) is 20.0 Å². The van der Waals surface area contributed by atoms with Crippen molar-refractivity contribution in [3.05, 3.63) is 34.6 Å². The largest absolute Gasteiger partial charge is 0.490 e. The molecule has 0 aromatic carbocycles. The van der Waals surface area contributed by atoms with Crippen molar-refractivity contribution >= 4 is 5.97 Å². The second-order valence-corrected chi connectivity index (χ2v) is 6.42. The van der Waals surface area contributed by atoms with Gasteiger partial charge in [0.25, 0.3) is 0 Å². The van der Waals surface area contributed by atoms with Crippen LogP contribution in [-0.4, -0.2) is 57.0 Å². The predicted molar refractivity (Wildman–Crippen MR) is 95.6 cm³/mol. The molecule has 1 N–H and O–H groups in total. The fourth-order valence-electron chi connectivity index (χ4n) is 2.91. The van der Waals surface area contributed by atoms with Crippen LogP contribution in [0.5, 0.6) is 5.88 Å². The number of nitrogens with zero attached hydrogens (tertiary/aromatic N) is 4. The maximum atomic E-state index is 10.6. The van der Waals surface area contributed by atoms with Crippen molar-refractivity contribution in [3.63, 3.8) is 0 Å². The molecule has 0 saturated carbocycles. The molecule has 8 nitrogen and oxygen atoms in total. The average Bonchev–Trinajstić information content (AvgIpc) is 2.84. The van der Waals surface area contributed by atoms with E-state index >= 15 is 0 Å². The summed E-state index contributed by atoms with van der Waals surface area (Å²) in [5, 5.41) is 11.2. The highest BCUT2D eigenvalue weighted by atomic mass is 19.4. The number of hydrogen-bond donors (Lipinski definition) is 1. The summed E-state index contributed by atoms with van der Waals surface area (Å²) in [7, 11) is 0. The molecule has 0 spiro atoms. The third-order valence-corrected chi connectivity index (χ3v) is 4.42. The fraction of sp³-hybridized carbons (Fsp3) is 0.556. The summed E-state index contributed by atoms with van der Waals surface area (Å²) >= 11 is 0. The highest BCUT2D eigenvalue weighted by molar-refractivity contribution is 5.73. The molecule has 0 aliphatic carbocycles. The van der Waals surface area contributed by atoms with E-state index in [0.29, 0.717) is 6.61 Å². The molecule has 2 aromatic rings. The first kappa shape index (κ1) is 22.6. The van der Waals surface area contributed by atoms with Crippen molar-refractivity contribution in [1.29, 1.82) is 0 Å². The average molecular weight is 416 g/mol. The fourth-order valence-corrected chi connectivity index (χ4v) is 2.91. The molecule has 3 rings (SSSR count). The van der Waals surface area contributed by atoms with Gasteiger partial charge in [-0.1, -0.05) is 5.16 Å². The molecular formula is C18H23F3N4O4. The third kappa shape index (κ3) is 6.14. The van der Waals surface area contributed by atoms with Crippen LogP contribution in [0.2, 0.25) is 0 Å². The number of carboxylic acid groups (broad SMARTS) is 1. The zero-order chi connectivity index (χ0) is 21.6. The maximum absolute atomic E-state index is 10.6. The van der Waals surface area contributed by atoms with E-state index < -0.39 is 12.1 Å². The van der Waals surface area contributed by atoms with E-state index in [-0.39, 0.29) is 0 Å². The smallest absolute Gasteiger partial charge is 0.478 e. The zero-order valence-corrected chi connectivity index (χ0v) is 16.4. The summed E-state index contributed by atoms with van der Waals surface area (Å²) < 4.78 is 42.6. The van der Waals surface area contributed by atoms with Crippen molar-refractivity contribution in [3.8, 4) is 5.88 Å². The topological polar surface area (TPSA) is 102 Å². The lowest BCUT2D eigenvalue weighted by molar-refractivity contribution is -0.192. The zero-order valence-electron chi connectivity index (χ0n) is 16.4. The van der Waals surface area contributed by atoms with Crippen LogP contribution in [0.3, 0.4) is 0 Å². The molecule has 0 unspecified atom stereocenters. The summed E-state index contributed by atoms with van der Waals surface area (Å²) in [4.78, 5) is 20.0. The quantitative estimate of drug-likeness (QED) is 0.812. The highest BCUT2D eigenvalue weighted by Crippen LogP contribution is 2.24. The highest BCUT2D eigenvalue weighted by Gasteiger charge is 2.38. The number of hydrogen-bond acceptors (Lipinski definition) is 7. The number of rotatable bonds is 4. The van der Waals surface area contributed by atoms with Gasteiger partial charge in [0.15, 0.2) is 0 Å². The van der Waals surface area contributed by atoms with Crippen LogP contribution in [-0.2, 0) is 24.2 Å². The summed E-state index contributed by atoms with van der Waals surface area (Å²) in [6.45, 7) is 9.38. The summed E-state index contributed by atoms with van der Waals surface area (Å²) in [5.41, 5.74) is 4.45. The normalized spacial score (nSPS) is 14.4. The third-order valence-electron chi connectivity index (χ3n) is 4.42. The minimum Gasteiger partial charge on any atom is -0.478 e. The Kier molecular flexibility index (Phi) is 7.54. The molecule has 0 fully saturated rings. The van der Waals surface area contributed by atoms with Crippen LogP contribution in [0.4, 0.5) is 13.2 Å². The van der Waals surface area contributed by atoms with Gasteiger partial charge in [-0.05, 0) is 27.2 Å². The first-order chi connectivity index (χ1) is 13.6. The van der Waals surface area contributed by atoms with Crippen LogP contribution in [0.25, 0.3) is 0 Å². The minimum absolute atomic E-state index is 0.631. The van der Waals surface area contributed by atoms with Crippen molar-refractivity contribution in [2.75, 3.05) is 19.7 Å². The number of fused-ring (bicyclic) bond motifs is 1. The Labute approximate surface area is 165 Å². The minimum atomic E-state index is -5.08. The SMILES string of the molecule is CCOc1ncnc2c1CCN(Cc1c(C)noc1C)CC2.O=C(O)C(F)(F)F. The molecular weight excluding hydrogens is 393 g/mol. The molecule has 2 aromatic heterocycles. The molecule has 3 heterocycles. The van der Waals surface area contributed by atoms with Gasteiger partial charge in [0, 0.05) is 37.2 Å². The molecule has 160 valence electrons. The number of ether oxygens (including phenoxy) is 1. The van der Waals surface area contributed by atoms with Crippen LogP contribution in [0, 0.1) is 13.8 Å². The van der Waals surface area contributed by atoms with E-state index in [1.807, 2.05) is 20.8 Å². The van der Waals surface area contributed by atoms with E-state index in [1.54, 1.807) is 6.33 Å². The number of aliphatic carboxylic acids is 1. The number of carboxylic acids is 1. The predicted octanol–water partition coefficient (Wildman–Crippen LogP) is 2.71. The number of carbonyl (C=O) groups is 1. The van der Waals surface area contributed by atoms with Gasteiger partial charge in [0.1, 0.15) is 12.1 Å². The second kappa shape index (κ2) is 9.68. The first-order valence-corrected chi connectivity index (χ1v) is 9.03. The number of halogens is 3. The van der Waals surface area contributed by atoms with Crippen LogP contribution >= 0.6 is 0 Å². The van der Waals surface area contributed by atoms with Crippen LogP contribution in [0.1, 0.15) is 35.2 Å². The van der Waals surface area contributed by atoms with Crippen molar-refractivity contribution < 1.29 is 32.3 Å². The van der Waals surface area contributed by atoms with Gasteiger partial charge in [-0.3, -0.25) is 4.90 Å². The molecule has 0 radical (unpaired) electrons. The Bertz CT molecular complexity index is 819. The Hall–Kier alpha value is -2.69. The monoisotopic (exact) mass is 416 g/mol. The van der Waals surface area contributed by atoms with E-state index in [9.17, 15) is 13.2 Å². The van der Waals surface area contributed by atoms with E-state index in [4.69, 9.17) is 19.2 Å². The molecule has 0 amide bonds. The lowest BCUT2D eigenvalue weighted by atomic mass is 10.1. The van der Waals surface area contributed by atoms with Crippen LogP contribution < -0.4 is 4.74 Å². The van der Waals surface area contributed by atoms with Crippen molar-refractivity contribution in [2.45, 2.75) is 46.3 Å². The van der Waals surface area contributed by atoms with Crippen LogP contribution in [0.15, 0.2) is 10.9 Å². The molecule has 1 aliphatic heterocycles. The Balaban J connectivity index is 0.000000370. The Morgan fingerprint density at radius 3 is 2.48 bits per heavy atom. The van der Waals surface area contributed by atoms with Gasteiger partial charge in [-0.25, -0.2) is 14.8 Å². The first-order valence-electron chi connectivity index (χ1n) is 9.03.